The molecule has 0 saturated heterocycles. The van der Waals surface area contributed by atoms with Crippen molar-refractivity contribution in [3.8, 4) is 0 Å². The average Bonchev–Trinajstić information content (AvgIpc) is 2.87. The second kappa shape index (κ2) is 3.83. The predicted molar refractivity (Wildman–Crippen MR) is 60.5 cm³/mol. The van der Waals surface area contributed by atoms with Crippen molar-refractivity contribution in [1.29, 1.82) is 0 Å². The summed E-state index contributed by atoms with van der Waals surface area (Å²) in [5, 5.41) is 0. The van der Waals surface area contributed by atoms with E-state index in [0.717, 1.165) is 12.3 Å². The summed E-state index contributed by atoms with van der Waals surface area (Å²) < 4.78 is 0. The highest BCUT2D eigenvalue weighted by atomic mass is 79.9. The maximum atomic E-state index is 3.57. The Bertz CT molecular complexity index is 270. The van der Waals surface area contributed by atoms with E-state index in [1.165, 1.54) is 24.0 Å². The minimum Gasteiger partial charge on any atom is -0.0890 e. The summed E-state index contributed by atoms with van der Waals surface area (Å²) in [4.78, 5) is 0.583. The summed E-state index contributed by atoms with van der Waals surface area (Å²) in [6.07, 6.45) is 3.92. The first-order valence-corrected chi connectivity index (χ1v) is 5.90. The standard InChI is InChI=1S/C12H15Br/c1-9(13)8-10-2-4-11(5-3-10)12-6-7-12/h2-5,9,12H,6-8H2,1H3. The molecule has 1 heteroatoms. The molecule has 70 valence electrons. The van der Waals surface area contributed by atoms with Gasteiger partial charge in [-0.25, -0.2) is 0 Å². The van der Waals surface area contributed by atoms with Crippen LogP contribution >= 0.6 is 15.9 Å². The van der Waals surface area contributed by atoms with Gasteiger partial charge in [-0.2, -0.15) is 0 Å². The van der Waals surface area contributed by atoms with E-state index < -0.39 is 0 Å². The maximum Gasteiger partial charge on any atom is 0.0157 e. The van der Waals surface area contributed by atoms with E-state index in [9.17, 15) is 0 Å². The Morgan fingerprint density at radius 3 is 2.38 bits per heavy atom. The summed E-state index contributed by atoms with van der Waals surface area (Å²) in [5.74, 6) is 0.885. The van der Waals surface area contributed by atoms with Crippen LogP contribution in [0.2, 0.25) is 0 Å². The smallest absolute Gasteiger partial charge is 0.0157 e. The first-order valence-electron chi connectivity index (χ1n) is 4.98. The van der Waals surface area contributed by atoms with Gasteiger partial charge >= 0.3 is 0 Å². The molecule has 1 aliphatic rings. The molecule has 0 spiro atoms. The van der Waals surface area contributed by atoms with Crippen molar-refractivity contribution >= 4 is 15.9 Å². The summed E-state index contributed by atoms with van der Waals surface area (Å²) >= 11 is 3.57. The Balaban J connectivity index is 2.04. The van der Waals surface area contributed by atoms with Gasteiger partial charge in [0.2, 0.25) is 0 Å². The van der Waals surface area contributed by atoms with Gasteiger partial charge in [0, 0.05) is 4.83 Å². The highest BCUT2D eigenvalue weighted by Crippen LogP contribution is 2.39. The van der Waals surface area contributed by atoms with E-state index in [1.54, 1.807) is 0 Å². The van der Waals surface area contributed by atoms with Crippen molar-refractivity contribution in [2.75, 3.05) is 0 Å². The van der Waals surface area contributed by atoms with Gasteiger partial charge in [-0.3, -0.25) is 0 Å². The first-order chi connectivity index (χ1) is 6.25. The molecule has 0 bridgehead atoms. The van der Waals surface area contributed by atoms with Crippen LogP contribution in [-0.4, -0.2) is 4.83 Å². The molecule has 0 nitrogen and oxygen atoms in total. The van der Waals surface area contributed by atoms with Gasteiger partial charge in [-0.1, -0.05) is 47.1 Å². The van der Waals surface area contributed by atoms with Crippen molar-refractivity contribution < 1.29 is 0 Å². The molecule has 13 heavy (non-hydrogen) atoms. The highest BCUT2D eigenvalue weighted by Gasteiger charge is 2.22. The molecule has 1 aliphatic carbocycles. The minimum atomic E-state index is 0.583. The molecule has 1 saturated carbocycles. The third-order valence-electron chi connectivity index (χ3n) is 2.55. The zero-order valence-corrected chi connectivity index (χ0v) is 9.55. The van der Waals surface area contributed by atoms with Crippen LogP contribution in [0.15, 0.2) is 24.3 Å². The van der Waals surface area contributed by atoms with Crippen molar-refractivity contribution in [3.05, 3.63) is 35.4 Å². The topological polar surface area (TPSA) is 0 Å². The first kappa shape index (κ1) is 9.26. The molecule has 0 radical (unpaired) electrons. The fraction of sp³-hybridized carbons (Fsp3) is 0.500. The van der Waals surface area contributed by atoms with Gasteiger partial charge < -0.3 is 0 Å². The number of alkyl halides is 1. The quantitative estimate of drug-likeness (QED) is 0.702. The van der Waals surface area contributed by atoms with Crippen LogP contribution < -0.4 is 0 Å². The highest BCUT2D eigenvalue weighted by molar-refractivity contribution is 9.09. The van der Waals surface area contributed by atoms with Crippen LogP contribution in [0.4, 0.5) is 0 Å². The Morgan fingerprint density at radius 1 is 1.31 bits per heavy atom. The van der Waals surface area contributed by atoms with E-state index >= 15 is 0 Å². The van der Waals surface area contributed by atoms with E-state index in [4.69, 9.17) is 0 Å². The summed E-state index contributed by atoms with van der Waals surface area (Å²) in [6, 6.07) is 9.13. The lowest BCUT2D eigenvalue weighted by atomic mass is 10.1. The number of halogens is 1. The summed E-state index contributed by atoms with van der Waals surface area (Å²) in [6.45, 7) is 2.19. The zero-order valence-electron chi connectivity index (χ0n) is 7.96. The van der Waals surface area contributed by atoms with Crippen molar-refractivity contribution in [1.82, 2.24) is 0 Å². The molecular weight excluding hydrogens is 224 g/mol. The van der Waals surface area contributed by atoms with Crippen LogP contribution in [0.3, 0.4) is 0 Å². The largest absolute Gasteiger partial charge is 0.0890 e. The van der Waals surface area contributed by atoms with E-state index in [2.05, 4.69) is 47.1 Å². The van der Waals surface area contributed by atoms with Crippen LogP contribution in [0.5, 0.6) is 0 Å². The van der Waals surface area contributed by atoms with Crippen LogP contribution in [0.1, 0.15) is 36.8 Å². The van der Waals surface area contributed by atoms with Crippen LogP contribution in [-0.2, 0) is 6.42 Å². The van der Waals surface area contributed by atoms with E-state index in [1.807, 2.05) is 0 Å². The molecule has 1 unspecified atom stereocenters. The van der Waals surface area contributed by atoms with Crippen LogP contribution in [0, 0.1) is 0 Å². The van der Waals surface area contributed by atoms with E-state index in [-0.39, 0.29) is 0 Å². The molecule has 0 N–H and O–H groups in total. The zero-order chi connectivity index (χ0) is 9.26. The van der Waals surface area contributed by atoms with Gasteiger partial charge in [0.05, 0.1) is 0 Å². The van der Waals surface area contributed by atoms with Gasteiger partial charge in [0.15, 0.2) is 0 Å². The molecular formula is C12H15Br. The molecule has 0 amide bonds. The summed E-state index contributed by atoms with van der Waals surface area (Å²) in [5.41, 5.74) is 2.97. The third-order valence-corrected chi connectivity index (χ3v) is 2.87. The second-order valence-electron chi connectivity index (χ2n) is 4.00. The number of benzene rings is 1. The molecule has 0 aliphatic heterocycles. The second-order valence-corrected chi connectivity index (χ2v) is 5.56. The van der Waals surface area contributed by atoms with Gasteiger partial charge in [0.25, 0.3) is 0 Å². The maximum absolute atomic E-state index is 3.57. The van der Waals surface area contributed by atoms with Crippen molar-refractivity contribution in [2.45, 2.75) is 36.9 Å². The van der Waals surface area contributed by atoms with Gasteiger partial charge in [-0.05, 0) is 36.3 Å². The normalized spacial score (nSPS) is 18.6. The SMILES string of the molecule is CC(Br)Cc1ccc(C2CC2)cc1. The Labute approximate surface area is 88.5 Å². The van der Waals surface area contributed by atoms with Gasteiger partial charge in [0.1, 0.15) is 0 Å². The molecule has 1 aromatic carbocycles. The number of hydrogen-bond acceptors (Lipinski definition) is 0. The Morgan fingerprint density at radius 2 is 1.92 bits per heavy atom. The van der Waals surface area contributed by atoms with E-state index in [0.29, 0.717) is 4.83 Å². The monoisotopic (exact) mass is 238 g/mol. The molecule has 0 aromatic heterocycles. The van der Waals surface area contributed by atoms with Gasteiger partial charge in [-0.15, -0.1) is 0 Å². The molecule has 1 aromatic rings. The lowest BCUT2D eigenvalue weighted by molar-refractivity contribution is 0.956. The number of hydrogen-bond donors (Lipinski definition) is 0. The fourth-order valence-corrected chi connectivity index (χ4v) is 2.04. The number of rotatable bonds is 3. The fourth-order valence-electron chi connectivity index (χ4n) is 1.67. The predicted octanol–water partition coefficient (Wildman–Crippen LogP) is 3.89. The molecule has 2 rings (SSSR count). The average molecular weight is 239 g/mol. The Kier molecular flexibility index (Phi) is 2.73. The minimum absolute atomic E-state index is 0.583. The molecule has 0 heterocycles. The molecule has 1 atom stereocenters. The Hall–Kier alpha value is -0.300. The van der Waals surface area contributed by atoms with Crippen molar-refractivity contribution in [2.24, 2.45) is 0 Å². The summed E-state index contributed by atoms with van der Waals surface area (Å²) in [7, 11) is 0. The van der Waals surface area contributed by atoms with Crippen LogP contribution in [0.25, 0.3) is 0 Å². The molecule has 1 fully saturated rings. The lowest BCUT2D eigenvalue weighted by Crippen LogP contribution is -1.96. The lowest BCUT2D eigenvalue weighted by Gasteiger charge is -2.04. The third kappa shape index (κ3) is 2.57. The van der Waals surface area contributed by atoms with Crippen molar-refractivity contribution in [3.63, 3.8) is 0 Å².